The van der Waals surface area contributed by atoms with Crippen LogP contribution in [0.15, 0.2) is 25.3 Å². The van der Waals surface area contributed by atoms with Gasteiger partial charge in [0.2, 0.25) is 0 Å². The van der Waals surface area contributed by atoms with Crippen LogP contribution in [-0.4, -0.2) is 19.9 Å². The second-order valence-electron chi connectivity index (χ2n) is 2.40. The summed E-state index contributed by atoms with van der Waals surface area (Å²) in [7, 11) is 2.34. The molecule has 0 rings (SSSR count). The molecule has 0 heterocycles. The molecule has 0 aromatic rings. The van der Waals surface area contributed by atoms with Crippen LogP contribution in [0.3, 0.4) is 0 Å². The Morgan fingerprint density at radius 1 is 1.33 bits per heavy atom. The van der Waals surface area contributed by atoms with Gasteiger partial charge in [0.25, 0.3) is 0 Å². The molecular formula is C6H13BIP. The van der Waals surface area contributed by atoms with Crippen molar-refractivity contribution in [2.75, 3.05) is 12.3 Å². The van der Waals surface area contributed by atoms with E-state index in [0.717, 1.165) is 0 Å². The Morgan fingerprint density at radius 3 is 1.89 bits per heavy atom. The van der Waals surface area contributed by atoms with Crippen LogP contribution >= 0.6 is 26.8 Å². The molecule has 0 aliphatic rings. The monoisotopic (exact) mass is 254 g/mol. The van der Waals surface area contributed by atoms with Gasteiger partial charge in [0.05, 0.1) is 0 Å². The molecule has 52 valence electrons. The molecule has 0 fully saturated rings. The summed E-state index contributed by atoms with van der Waals surface area (Å²) in [6, 6.07) is 0. The molecule has 0 aliphatic heterocycles. The SMILES string of the molecule is B[PH](I)(CC=C)CC=C. The topological polar surface area (TPSA) is 0 Å². The molecule has 0 saturated heterocycles. The van der Waals surface area contributed by atoms with Crippen molar-refractivity contribution in [3.8, 4) is 0 Å². The van der Waals surface area contributed by atoms with Crippen molar-refractivity contribution < 1.29 is 0 Å². The zero-order valence-electron chi connectivity index (χ0n) is 5.86. The van der Waals surface area contributed by atoms with Gasteiger partial charge in [-0.05, 0) is 0 Å². The van der Waals surface area contributed by atoms with Gasteiger partial charge in [-0.1, -0.05) is 0 Å². The third-order valence-electron chi connectivity index (χ3n) is 1.14. The van der Waals surface area contributed by atoms with E-state index in [2.05, 4.69) is 42.8 Å². The second kappa shape index (κ2) is 4.51. The molecule has 0 amide bonds. The van der Waals surface area contributed by atoms with Gasteiger partial charge in [0, 0.05) is 0 Å². The number of allylic oxidation sites excluding steroid dienone is 2. The Morgan fingerprint density at radius 2 is 1.67 bits per heavy atom. The third kappa shape index (κ3) is 5.16. The first-order valence-corrected chi connectivity index (χ1v) is 9.06. The summed E-state index contributed by atoms with van der Waals surface area (Å²) in [4.78, 5) is -0.969. The first-order valence-electron chi connectivity index (χ1n) is 3.03. The van der Waals surface area contributed by atoms with Crippen LogP contribution in [0.25, 0.3) is 0 Å². The molecular weight excluding hydrogens is 241 g/mol. The Labute approximate surface area is 72.0 Å². The Kier molecular flexibility index (Phi) is 4.86. The number of hydrogen-bond donors (Lipinski definition) is 0. The first kappa shape index (κ1) is 9.70. The van der Waals surface area contributed by atoms with E-state index >= 15 is 0 Å². The van der Waals surface area contributed by atoms with Crippen LogP contribution in [0.2, 0.25) is 0 Å². The van der Waals surface area contributed by atoms with Crippen LogP contribution in [0, 0.1) is 0 Å². The fraction of sp³-hybridized carbons (Fsp3) is 0.333. The molecule has 0 spiro atoms. The average Bonchev–Trinajstić information content (AvgIpc) is 1.64. The quantitative estimate of drug-likeness (QED) is 0.311. The van der Waals surface area contributed by atoms with Crippen molar-refractivity contribution in [3.05, 3.63) is 25.3 Å². The van der Waals surface area contributed by atoms with E-state index in [0.29, 0.717) is 0 Å². The molecule has 0 saturated carbocycles. The van der Waals surface area contributed by atoms with Gasteiger partial charge in [-0.15, -0.1) is 0 Å². The standard InChI is InChI=1S/C6H13BIP/c1-3-5-9(7,8)6-4-2/h3-4,9H,1-2,5-7H2. The number of rotatable bonds is 4. The van der Waals surface area contributed by atoms with Crippen LogP contribution in [-0.2, 0) is 0 Å². The van der Waals surface area contributed by atoms with E-state index < -0.39 is 4.78 Å². The Balaban J connectivity index is 3.68. The molecule has 0 unspecified atom stereocenters. The molecule has 0 aliphatic carbocycles. The fourth-order valence-electron chi connectivity index (χ4n) is 0.685. The summed E-state index contributed by atoms with van der Waals surface area (Å²) in [6.45, 7) is 7.45. The van der Waals surface area contributed by atoms with Crippen LogP contribution in [0.5, 0.6) is 0 Å². The van der Waals surface area contributed by atoms with E-state index in [-0.39, 0.29) is 0 Å². The molecule has 9 heavy (non-hydrogen) atoms. The molecule has 0 aromatic carbocycles. The third-order valence-corrected chi connectivity index (χ3v) is 6.06. The predicted octanol–water partition coefficient (Wildman–Crippen LogP) is 2.01. The zero-order valence-corrected chi connectivity index (χ0v) is 9.02. The van der Waals surface area contributed by atoms with E-state index in [4.69, 9.17) is 0 Å². The van der Waals surface area contributed by atoms with Crippen LogP contribution in [0.1, 0.15) is 0 Å². The van der Waals surface area contributed by atoms with Crippen molar-refractivity contribution in [2.24, 2.45) is 0 Å². The van der Waals surface area contributed by atoms with Crippen molar-refractivity contribution in [1.82, 2.24) is 0 Å². The molecule has 0 aromatic heterocycles. The normalized spacial score (nSPS) is 12.6. The minimum atomic E-state index is -0.969. The van der Waals surface area contributed by atoms with Crippen LogP contribution < -0.4 is 0 Å². The van der Waals surface area contributed by atoms with Gasteiger partial charge in [-0.25, -0.2) is 0 Å². The van der Waals surface area contributed by atoms with Crippen molar-refractivity contribution in [2.45, 2.75) is 0 Å². The van der Waals surface area contributed by atoms with E-state index in [1.165, 1.54) is 12.3 Å². The van der Waals surface area contributed by atoms with E-state index in [9.17, 15) is 0 Å². The first-order chi connectivity index (χ1) is 4.12. The number of hydrogen-bond acceptors (Lipinski definition) is 0. The van der Waals surface area contributed by atoms with Crippen molar-refractivity contribution in [3.63, 3.8) is 0 Å². The Hall–Kier alpha value is 0.705. The van der Waals surface area contributed by atoms with Crippen molar-refractivity contribution >= 4 is 34.4 Å². The molecule has 3 heteroatoms. The van der Waals surface area contributed by atoms with Gasteiger partial charge >= 0.3 is 72.0 Å². The summed E-state index contributed by atoms with van der Waals surface area (Å²) < 4.78 is 0. The van der Waals surface area contributed by atoms with Gasteiger partial charge in [-0.2, -0.15) is 0 Å². The average molecular weight is 254 g/mol. The maximum atomic E-state index is 3.72. The second-order valence-corrected chi connectivity index (χ2v) is 13.9. The number of halogens is 1. The van der Waals surface area contributed by atoms with Gasteiger partial charge in [0.15, 0.2) is 0 Å². The van der Waals surface area contributed by atoms with Crippen LogP contribution in [0.4, 0.5) is 0 Å². The van der Waals surface area contributed by atoms with E-state index in [1.54, 1.807) is 0 Å². The molecule has 0 radical (unpaired) electrons. The summed E-state index contributed by atoms with van der Waals surface area (Å²) in [6.07, 6.45) is 6.42. The predicted molar refractivity (Wildman–Crippen MR) is 61.0 cm³/mol. The summed E-state index contributed by atoms with van der Waals surface area (Å²) in [5.74, 6) is 0. The Bertz CT molecular complexity index is 99.6. The van der Waals surface area contributed by atoms with Gasteiger partial charge in [-0.3, -0.25) is 0 Å². The molecule has 0 bridgehead atoms. The van der Waals surface area contributed by atoms with Gasteiger partial charge < -0.3 is 0 Å². The molecule has 0 N–H and O–H groups in total. The summed E-state index contributed by atoms with van der Waals surface area (Å²) >= 11 is 2.57. The fourth-order valence-corrected chi connectivity index (χ4v) is 3.92. The van der Waals surface area contributed by atoms with Gasteiger partial charge in [0.1, 0.15) is 0 Å². The van der Waals surface area contributed by atoms with E-state index in [1.807, 2.05) is 12.2 Å². The van der Waals surface area contributed by atoms with Crippen molar-refractivity contribution in [1.29, 1.82) is 0 Å². The summed E-state index contributed by atoms with van der Waals surface area (Å²) in [5.41, 5.74) is 0. The zero-order chi connectivity index (χ0) is 7.33. The molecule has 0 atom stereocenters. The maximum absolute atomic E-state index is 3.72. The minimum absolute atomic E-state index is 0.969. The summed E-state index contributed by atoms with van der Waals surface area (Å²) in [5, 5.41) is 0. The molecule has 0 nitrogen and oxygen atoms in total.